The molecule has 1 unspecified atom stereocenters. The molecule has 1 aromatic rings. The second kappa shape index (κ2) is 5.38. The lowest BCUT2D eigenvalue weighted by Gasteiger charge is -2.15. The van der Waals surface area contributed by atoms with E-state index in [4.69, 9.17) is 5.84 Å². The second-order valence-corrected chi connectivity index (χ2v) is 6.13. The topological polar surface area (TPSA) is 85.1 Å². The lowest BCUT2D eigenvalue weighted by atomic mass is 10.1. The number of sulfone groups is 1. The van der Waals surface area contributed by atoms with Gasteiger partial charge in [-0.25, -0.2) is 8.42 Å². The van der Waals surface area contributed by atoms with Crippen LogP contribution >= 0.6 is 0 Å². The average Bonchev–Trinajstić information content (AvgIpc) is 2.20. The third-order valence-corrected chi connectivity index (χ3v) is 3.29. The van der Waals surface area contributed by atoms with Gasteiger partial charge in [0.15, 0.2) is 0 Å². The van der Waals surface area contributed by atoms with Gasteiger partial charge in [0, 0.05) is 24.2 Å². The molecule has 0 aliphatic heterocycles. The molecule has 0 bridgehead atoms. The maximum atomic E-state index is 11.1. The van der Waals surface area contributed by atoms with Crippen LogP contribution in [0.4, 0.5) is 0 Å². The van der Waals surface area contributed by atoms with E-state index in [9.17, 15) is 8.42 Å². The van der Waals surface area contributed by atoms with Crippen molar-refractivity contribution >= 4 is 9.84 Å². The smallest absolute Gasteiger partial charge is 0.147 e. The van der Waals surface area contributed by atoms with E-state index in [1.54, 1.807) is 6.20 Å². The van der Waals surface area contributed by atoms with Gasteiger partial charge in [-0.15, -0.1) is 0 Å². The standard InChI is InChI=1S/C10H17N3O2S/c1-8-3-4-9(7-12-8)10(13-11)5-6-16(2,14)15/h3-4,7,10,13H,5-6,11H2,1-2H3. The fraction of sp³-hybridized carbons (Fsp3) is 0.500. The number of aryl methyl sites for hydroxylation is 1. The number of rotatable bonds is 5. The largest absolute Gasteiger partial charge is 0.271 e. The predicted molar refractivity (Wildman–Crippen MR) is 63.4 cm³/mol. The Morgan fingerprint density at radius 2 is 2.19 bits per heavy atom. The molecule has 0 radical (unpaired) electrons. The summed E-state index contributed by atoms with van der Waals surface area (Å²) in [5, 5.41) is 0. The number of nitrogens with two attached hydrogens (primary N) is 1. The van der Waals surface area contributed by atoms with Crippen molar-refractivity contribution in [3.8, 4) is 0 Å². The molecule has 0 saturated heterocycles. The Hall–Kier alpha value is -0.980. The SMILES string of the molecule is Cc1ccc(C(CCS(C)(=O)=O)NN)cn1. The highest BCUT2D eigenvalue weighted by atomic mass is 32.2. The van der Waals surface area contributed by atoms with Gasteiger partial charge in [-0.3, -0.25) is 16.3 Å². The number of pyridine rings is 1. The van der Waals surface area contributed by atoms with Crippen LogP contribution in [0, 0.1) is 6.92 Å². The Morgan fingerprint density at radius 3 is 2.62 bits per heavy atom. The van der Waals surface area contributed by atoms with Gasteiger partial charge in [0.1, 0.15) is 9.84 Å². The Bertz CT molecular complexity index is 428. The normalized spacial score (nSPS) is 13.7. The lowest BCUT2D eigenvalue weighted by molar-refractivity contribution is 0.529. The molecule has 90 valence electrons. The Labute approximate surface area is 96.0 Å². The molecule has 1 atom stereocenters. The first-order valence-corrected chi connectivity index (χ1v) is 7.05. The van der Waals surface area contributed by atoms with E-state index in [2.05, 4.69) is 10.4 Å². The average molecular weight is 243 g/mol. The molecule has 1 heterocycles. The minimum atomic E-state index is -2.96. The van der Waals surface area contributed by atoms with E-state index >= 15 is 0 Å². The summed E-state index contributed by atoms with van der Waals surface area (Å²) in [5.74, 6) is 5.51. The van der Waals surface area contributed by atoms with E-state index in [-0.39, 0.29) is 11.8 Å². The summed E-state index contributed by atoms with van der Waals surface area (Å²) in [6, 6.07) is 3.60. The van der Waals surface area contributed by atoms with E-state index in [0.717, 1.165) is 11.3 Å². The van der Waals surface area contributed by atoms with Gasteiger partial charge in [-0.1, -0.05) is 6.07 Å². The van der Waals surface area contributed by atoms with Gasteiger partial charge in [0.05, 0.1) is 5.75 Å². The monoisotopic (exact) mass is 243 g/mol. The van der Waals surface area contributed by atoms with Crippen molar-refractivity contribution in [1.29, 1.82) is 0 Å². The van der Waals surface area contributed by atoms with Crippen LogP contribution in [-0.2, 0) is 9.84 Å². The quantitative estimate of drug-likeness (QED) is 0.575. The van der Waals surface area contributed by atoms with E-state index in [1.807, 2.05) is 19.1 Å². The summed E-state index contributed by atoms with van der Waals surface area (Å²) < 4.78 is 22.1. The summed E-state index contributed by atoms with van der Waals surface area (Å²) in [5.41, 5.74) is 4.42. The first-order chi connectivity index (χ1) is 7.42. The maximum absolute atomic E-state index is 11.1. The predicted octanol–water partition coefficient (Wildman–Crippen LogP) is 0.329. The highest BCUT2D eigenvalue weighted by Gasteiger charge is 2.13. The number of hydrogen-bond donors (Lipinski definition) is 2. The van der Waals surface area contributed by atoms with Crippen LogP contribution in [0.1, 0.15) is 23.7 Å². The summed E-state index contributed by atoms with van der Waals surface area (Å²) in [6.45, 7) is 1.89. The third kappa shape index (κ3) is 4.26. The summed E-state index contributed by atoms with van der Waals surface area (Å²) >= 11 is 0. The van der Waals surface area contributed by atoms with Crippen LogP contribution < -0.4 is 11.3 Å². The molecule has 0 amide bonds. The lowest BCUT2D eigenvalue weighted by Crippen LogP contribution is -2.29. The van der Waals surface area contributed by atoms with Crippen LogP contribution in [-0.4, -0.2) is 25.4 Å². The van der Waals surface area contributed by atoms with Gasteiger partial charge in [0.25, 0.3) is 0 Å². The minimum Gasteiger partial charge on any atom is -0.271 e. The molecule has 3 N–H and O–H groups in total. The molecule has 0 aliphatic rings. The fourth-order valence-electron chi connectivity index (χ4n) is 1.36. The van der Waals surface area contributed by atoms with Gasteiger partial charge < -0.3 is 0 Å². The minimum absolute atomic E-state index is 0.107. The molecule has 0 fully saturated rings. The Morgan fingerprint density at radius 1 is 1.50 bits per heavy atom. The van der Waals surface area contributed by atoms with Crippen LogP contribution in [0.2, 0.25) is 0 Å². The third-order valence-electron chi connectivity index (χ3n) is 2.32. The zero-order chi connectivity index (χ0) is 12.2. The van der Waals surface area contributed by atoms with Gasteiger partial charge in [-0.05, 0) is 25.0 Å². The molecular weight excluding hydrogens is 226 g/mol. The first-order valence-electron chi connectivity index (χ1n) is 4.99. The highest BCUT2D eigenvalue weighted by molar-refractivity contribution is 7.90. The Balaban J connectivity index is 2.71. The summed E-state index contributed by atoms with van der Waals surface area (Å²) in [7, 11) is -2.96. The molecule has 16 heavy (non-hydrogen) atoms. The van der Waals surface area contributed by atoms with E-state index in [1.165, 1.54) is 6.26 Å². The van der Waals surface area contributed by atoms with Crippen molar-refractivity contribution in [2.24, 2.45) is 5.84 Å². The molecule has 0 aromatic carbocycles. The molecule has 5 nitrogen and oxygen atoms in total. The van der Waals surface area contributed by atoms with Crippen molar-refractivity contribution in [1.82, 2.24) is 10.4 Å². The molecule has 0 aliphatic carbocycles. The molecule has 6 heteroatoms. The molecular formula is C10H17N3O2S. The molecule has 0 spiro atoms. The Kier molecular flexibility index (Phi) is 4.40. The highest BCUT2D eigenvalue weighted by Crippen LogP contribution is 2.15. The van der Waals surface area contributed by atoms with Crippen molar-refractivity contribution in [3.05, 3.63) is 29.6 Å². The number of hydrogen-bond acceptors (Lipinski definition) is 5. The molecule has 1 rings (SSSR count). The maximum Gasteiger partial charge on any atom is 0.147 e. The van der Waals surface area contributed by atoms with Crippen molar-refractivity contribution in [2.75, 3.05) is 12.0 Å². The van der Waals surface area contributed by atoms with Gasteiger partial charge in [-0.2, -0.15) is 0 Å². The summed E-state index contributed by atoms with van der Waals surface area (Å²) in [4.78, 5) is 4.15. The van der Waals surface area contributed by atoms with Gasteiger partial charge >= 0.3 is 0 Å². The van der Waals surface area contributed by atoms with Crippen molar-refractivity contribution < 1.29 is 8.42 Å². The van der Waals surface area contributed by atoms with E-state index < -0.39 is 9.84 Å². The van der Waals surface area contributed by atoms with Crippen LogP contribution in [0.3, 0.4) is 0 Å². The van der Waals surface area contributed by atoms with E-state index in [0.29, 0.717) is 6.42 Å². The van der Waals surface area contributed by atoms with Crippen LogP contribution in [0.15, 0.2) is 18.3 Å². The first kappa shape index (κ1) is 13.1. The molecule has 0 saturated carbocycles. The van der Waals surface area contributed by atoms with Crippen molar-refractivity contribution in [3.63, 3.8) is 0 Å². The zero-order valence-electron chi connectivity index (χ0n) is 9.47. The van der Waals surface area contributed by atoms with Crippen LogP contribution in [0.5, 0.6) is 0 Å². The fourth-order valence-corrected chi connectivity index (χ4v) is 2.03. The second-order valence-electron chi connectivity index (χ2n) is 3.87. The summed E-state index contributed by atoms with van der Waals surface area (Å²) in [6.07, 6.45) is 3.37. The number of nitrogens with one attached hydrogen (secondary N) is 1. The zero-order valence-corrected chi connectivity index (χ0v) is 10.3. The number of nitrogens with zero attached hydrogens (tertiary/aromatic N) is 1. The van der Waals surface area contributed by atoms with Crippen LogP contribution in [0.25, 0.3) is 0 Å². The van der Waals surface area contributed by atoms with Crippen molar-refractivity contribution in [2.45, 2.75) is 19.4 Å². The number of hydrazine groups is 1. The molecule has 1 aromatic heterocycles. The van der Waals surface area contributed by atoms with Gasteiger partial charge in [0.2, 0.25) is 0 Å². The number of aromatic nitrogens is 1.